The smallest absolute Gasteiger partial charge is 0.244 e. The summed E-state index contributed by atoms with van der Waals surface area (Å²) in [7, 11) is -3.73. The molecular weight excluding hydrogens is 506 g/mol. The zero-order valence-electron chi connectivity index (χ0n) is 19.5. The molecule has 0 aliphatic rings. The van der Waals surface area contributed by atoms with Crippen LogP contribution in [-0.4, -0.2) is 56.6 Å². The van der Waals surface area contributed by atoms with Crippen molar-refractivity contribution in [1.29, 1.82) is 0 Å². The van der Waals surface area contributed by atoms with Crippen molar-refractivity contribution in [2.45, 2.75) is 45.7 Å². The van der Waals surface area contributed by atoms with E-state index in [0.717, 1.165) is 22.5 Å². The van der Waals surface area contributed by atoms with E-state index in [1.807, 2.05) is 44.2 Å². The Hall–Kier alpha value is -2.39. The van der Waals surface area contributed by atoms with Crippen LogP contribution in [0.3, 0.4) is 0 Å². The molecular formula is C24H32BrN3O4S. The van der Waals surface area contributed by atoms with Gasteiger partial charge in [0.25, 0.3) is 0 Å². The molecule has 0 aromatic heterocycles. The first-order valence-corrected chi connectivity index (χ1v) is 13.5. The topological polar surface area (TPSA) is 86.8 Å². The minimum Gasteiger partial charge on any atom is -0.352 e. The monoisotopic (exact) mass is 537 g/mol. The third-order valence-electron chi connectivity index (χ3n) is 5.43. The predicted octanol–water partition coefficient (Wildman–Crippen LogP) is 3.59. The van der Waals surface area contributed by atoms with Gasteiger partial charge in [0.05, 0.1) is 11.9 Å². The lowest BCUT2D eigenvalue weighted by Crippen LogP contribution is -2.53. The molecule has 0 spiro atoms. The average Bonchev–Trinajstić information content (AvgIpc) is 2.77. The predicted molar refractivity (Wildman–Crippen MR) is 136 cm³/mol. The van der Waals surface area contributed by atoms with Gasteiger partial charge in [0.1, 0.15) is 12.6 Å². The Labute approximate surface area is 205 Å². The van der Waals surface area contributed by atoms with Crippen LogP contribution < -0.4 is 9.62 Å². The van der Waals surface area contributed by atoms with Crippen molar-refractivity contribution in [3.8, 4) is 0 Å². The number of anilines is 1. The van der Waals surface area contributed by atoms with Crippen LogP contribution in [0.25, 0.3) is 0 Å². The molecule has 180 valence electrons. The molecule has 9 heteroatoms. The summed E-state index contributed by atoms with van der Waals surface area (Å²) < 4.78 is 26.8. The lowest BCUT2D eigenvalue weighted by molar-refractivity contribution is -0.139. The van der Waals surface area contributed by atoms with Gasteiger partial charge in [0.2, 0.25) is 21.8 Å². The molecule has 0 saturated carbocycles. The number of halogens is 1. The van der Waals surface area contributed by atoms with Gasteiger partial charge in [0, 0.05) is 17.1 Å². The Morgan fingerprint density at radius 1 is 1.06 bits per heavy atom. The van der Waals surface area contributed by atoms with Gasteiger partial charge in [0.15, 0.2) is 0 Å². The highest BCUT2D eigenvalue weighted by atomic mass is 79.9. The van der Waals surface area contributed by atoms with Crippen molar-refractivity contribution in [3.05, 3.63) is 64.6 Å². The summed E-state index contributed by atoms with van der Waals surface area (Å²) in [6.07, 6.45) is 2.37. The molecule has 0 fully saturated rings. The largest absolute Gasteiger partial charge is 0.352 e. The van der Waals surface area contributed by atoms with Gasteiger partial charge >= 0.3 is 0 Å². The molecule has 1 N–H and O–H groups in total. The summed E-state index contributed by atoms with van der Waals surface area (Å²) in [5, 5.41) is 2.91. The third kappa shape index (κ3) is 8.16. The molecule has 0 heterocycles. The van der Waals surface area contributed by atoms with E-state index in [1.54, 1.807) is 31.2 Å². The normalized spacial score (nSPS) is 13.1. The molecule has 0 bridgehead atoms. The first-order chi connectivity index (χ1) is 15.5. The lowest BCUT2D eigenvalue weighted by atomic mass is 10.1. The van der Waals surface area contributed by atoms with E-state index in [1.165, 1.54) is 4.90 Å². The zero-order chi connectivity index (χ0) is 24.6. The number of benzene rings is 2. The number of amides is 2. The number of carbonyl (C=O) groups excluding carboxylic acids is 2. The molecule has 2 amide bonds. The Morgan fingerprint density at radius 2 is 1.73 bits per heavy atom. The fourth-order valence-electron chi connectivity index (χ4n) is 3.28. The summed E-state index contributed by atoms with van der Waals surface area (Å²) in [6, 6.07) is 15.6. The Bertz CT molecular complexity index is 1050. The van der Waals surface area contributed by atoms with Gasteiger partial charge in [-0.3, -0.25) is 13.9 Å². The fraction of sp³-hybridized carbons (Fsp3) is 0.417. The van der Waals surface area contributed by atoms with E-state index in [9.17, 15) is 18.0 Å². The van der Waals surface area contributed by atoms with Gasteiger partial charge < -0.3 is 10.2 Å². The van der Waals surface area contributed by atoms with Crippen molar-refractivity contribution in [2.24, 2.45) is 0 Å². The molecule has 2 rings (SSSR count). The Kier molecular flexibility index (Phi) is 9.91. The standard InChI is InChI=1S/C24H32BrN3O4S/c1-5-18(2)26-24(30)19(3)27(15-14-20-10-7-6-8-11-20)23(29)17-28(33(4,31)32)22-13-9-12-21(25)16-22/h6-13,16,18-19H,5,14-15,17H2,1-4H3,(H,26,30)/t18-,19-/m1/s1. The van der Waals surface area contributed by atoms with Crippen LogP contribution >= 0.6 is 15.9 Å². The number of nitrogens with zero attached hydrogens (tertiary/aromatic N) is 2. The van der Waals surface area contributed by atoms with E-state index >= 15 is 0 Å². The van der Waals surface area contributed by atoms with Gasteiger partial charge in [-0.05, 0) is 50.5 Å². The quantitative estimate of drug-likeness (QED) is 0.474. The number of hydrogen-bond donors (Lipinski definition) is 1. The Morgan fingerprint density at radius 3 is 2.30 bits per heavy atom. The van der Waals surface area contributed by atoms with Crippen molar-refractivity contribution < 1.29 is 18.0 Å². The summed E-state index contributed by atoms with van der Waals surface area (Å²) >= 11 is 3.35. The summed E-state index contributed by atoms with van der Waals surface area (Å²) in [5.74, 6) is -0.706. The average molecular weight is 539 g/mol. The highest BCUT2D eigenvalue weighted by molar-refractivity contribution is 9.10. The van der Waals surface area contributed by atoms with Crippen LogP contribution in [-0.2, 0) is 26.0 Å². The number of rotatable bonds is 11. The second kappa shape index (κ2) is 12.2. The maximum absolute atomic E-state index is 13.4. The molecule has 0 aliphatic carbocycles. The Balaban J connectivity index is 2.30. The lowest BCUT2D eigenvalue weighted by Gasteiger charge is -2.32. The minimum absolute atomic E-state index is 0.0276. The van der Waals surface area contributed by atoms with E-state index in [2.05, 4.69) is 21.2 Å². The maximum Gasteiger partial charge on any atom is 0.244 e. The molecule has 0 aliphatic heterocycles. The molecule has 33 heavy (non-hydrogen) atoms. The van der Waals surface area contributed by atoms with Gasteiger partial charge in [-0.15, -0.1) is 0 Å². The van der Waals surface area contributed by atoms with Crippen LogP contribution in [0.4, 0.5) is 5.69 Å². The van der Waals surface area contributed by atoms with Crippen molar-refractivity contribution in [2.75, 3.05) is 23.7 Å². The second-order valence-corrected chi connectivity index (χ2v) is 10.9. The molecule has 2 aromatic carbocycles. The van der Waals surface area contributed by atoms with Crippen molar-refractivity contribution in [3.63, 3.8) is 0 Å². The molecule has 0 saturated heterocycles. The zero-order valence-corrected chi connectivity index (χ0v) is 21.9. The van der Waals surface area contributed by atoms with Crippen molar-refractivity contribution >= 4 is 43.5 Å². The number of hydrogen-bond acceptors (Lipinski definition) is 4. The first kappa shape index (κ1) is 26.9. The highest BCUT2D eigenvalue weighted by Crippen LogP contribution is 2.22. The second-order valence-electron chi connectivity index (χ2n) is 8.07. The van der Waals surface area contributed by atoms with Crippen LogP contribution in [0, 0.1) is 0 Å². The highest BCUT2D eigenvalue weighted by Gasteiger charge is 2.30. The van der Waals surface area contributed by atoms with E-state index in [4.69, 9.17) is 0 Å². The van der Waals surface area contributed by atoms with Gasteiger partial charge in [-0.2, -0.15) is 0 Å². The van der Waals surface area contributed by atoms with Gasteiger partial charge in [-0.25, -0.2) is 8.42 Å². The van der Waals surface area contributed by atoms with Crippen LogP contribution in [0.1, 0.15) is 32.8 Å². The first-order valence-electron chi connectivity index (χ1n) is 10.9. The van der Waals surface area contributed by atoms with E-state index < -0.39 is 28.5 Å². The minimum atomic E-state index is -3.73. The summed E-state index contributed by atoms with van der Waals surface area (Å²) in [6.45, 7) is 5.43. The number of nitrogens with one attached hydrogen (secondary N) is 1. The maximum atomic E-state index is 13.4. The van der Waals surface area contributed by atoms with Crippen molar-refractivity contribution in [1.82, 2.24) is 10.2 Å². The number of sulfonamides is 1. The summed E-state index contributed by atoms with van der Waals surface area (Å²) in [4.78, 5) is 27.7. The number of carbonyl (C=O) groups is 2. The molecule has 7 nitrogen and oxygen atoms in total. The van der Waals surface area contributed by atoms with Crippen LogP contribution in [0.15, 0.2) is 59.1 Å². The van der Waals surface area contributed by atoms with Gasteiger partial charge in [-0.1, -0.05) is 59.3 Å². The summed E-state index contributed by atoms with van der Waals surface area (Å²) in [5.41, 5.74) is 1.40. The van der Waals surface area contributed by atoms with Crippen LogP contribution in [0.2, 0.25) is 0 Å². The molecule has 2 aromatic rings. The van der Waals surface area contributed by atoms with E-state index in [-0.39, 0.29) is 18.5 Å². The molecule has 0 radical (unpaired) electrons. The SMILES string of the molecule is CC[C@@H](C)NC(=O)[C@@H](C)N(CCc1ccccc1)C(=O)CN(c1cccc(Br)c1)S(C)(=O)=O. The fourth-order valence-corrected chi connectivity index (χ4v) is 4.51. The van der Waals surface area contributed by atoms with E-state index in [0.29, 0.717) is 16.6 Å². The molecule has 0 unspecified atom stereocenters. The third-order valence-corrected chi connectivity index (χ3v) is 7.06. The van der Waals surface area contributed by atoms with Crippen LogP contribution in [0.5, 0.6) is 0 Å². The molecule has 2 atom stereocenters.